The summed E-state index contributed by atoms with van der Waals surface area (Å²) in [7, 11) is 1.51. The van der Waals surface area contributed by atoms with Crippen molar-refractivity contribution >= 4 is 16.6 Å². The molecule has 0 saturated heterocycles. The van der Waals surface area contributed by atoms with Crippen molar-refractivity contribution in [1.29, 1.82) is 0 Å². The van der Waals surface area contributed by atoms with E-state index in [1.54, 1.807) is 12.2 Å². The third-order valence-corrected chi connectivity index (χ3v) is 4.29. The topological polar surface area (TPSA) is 44.8 Å². The molecule has 0 radical (unpaired) electrons. The molecule has 0 unspecified atom stereocenters. The zero-order chi connectivity index (χ0) is 15.9. The van der Waals surface area contributed by atoms with Crippen LogP contribution < -0.4 is 0 Å². The standard InChI is InChI=1S/C19H16O4/c1-21-18-8-4-7-17(20)19(18)22-11-15-9-13-5-2-3-6-14(13)10-16(15)12-23-19/h2-10H,11-12H2,1H3. The molecule has 0 atom stereocenters. The van der Waals surface area contributed by atoms with Crippen molar-refractivity contribution in [1.82, 2.24) is 0 Å². The minimum absolute atomic E-state index is 0.255. The number of ketones is 1. The summed E-state index contributed by atoms with van der Waals surface area (Å²) in [5.74, 6) is -1.36. The van der Waals surface area contributed by atoms with Gasteiger partial charge in [0.05, 0.1) is 20.3 Å². The molecule has 4 rings (SSSR count). The van der Waals surface area contributed by atoms with Crippen LogP contribution in [0.3, 0.4) is 0 Å². The average Bonchev–Trinajstić information content (AvgIpc) is 2.76. The number of benzene rings is 2. The summed E-state index contributed by atoms with van der Waals surface area (Å²) < 4.78 is 17.1. The van der Waals surface area contributed by atoms with Crippen LogP contribution in [0, 0.1) is 0 Å². The van der Waals surface area contributed by atoms with Crippen LogP contribution in [0.15, 0.2) is 60.4 Å². The third kappa shape index (κ3) is 2.19. The van der Waals surface area contributed by atoms with Crippen LogP contribution >= 0.6 is 0 Å². The Morgan fingerprint density at radius 2 is 1.65 bits per heavy atom. The van der Waals surface area contributed by atoms with Crippen molar-refractivity contribution in [2.75, 3.05) is 7.11 Å². The van der Waals surface area contributed by atoms with Crippen molar-refractivity contribution in [2.45, 2.75) is 19.0 Å². The Hall–Kier alpha value is -2.43. The minimum atomic E-state index is -1.48. The fourth-order valence-electron chi connectivity index (χ4n) is 3.05. The van der Waals surface area contributed by atoms with Crippen LogP contribution in [0.4, 0.5) is 0 Å². The number of methoxy groups -OCH3 is 1. The number of hydrogen-bond donors (Lipinski definition) is 0. The Morgan fingerprint density at radius 3 is 2.22 bits per heavy atom. The summed E-state index contributed by atoms with van der Waals surface area (Å²) in [6, 6.07) is 12.3. The van der Waals surface area contributed by atoms with Crippen molar-refractivity contribution in [2.24, 2.45) is 0 Å². The molecule has 0 amide bonds. The van der Waals surface area contributed by atoms with Gasteiger partial charge in [-0.2, -0.15) is 0 Å². The highest BCUT2D eigenvalue weighted by Gasteiger charge is 2.47. The number of rotatable bonds is 1. The van der Waals surface area contributed by atoms with E-state index in [2.05, 4.69) is 24.3 Å². The highest BCUT2D eigenvalue weighted by Crippen LogP contribution is 2.35. The maximum atomic E-state index is 12.4. The number of ether oxygens (including phenoxy) is 3. The second-order valence-electron chi connectivity index (χ2n) is 5.62. The van der Waals surface area contributed by atoms with E-state index in [1.165, 1.54) is 13.2 Å². The molecule has 0 bridgehead atoms. The maximum absolute atomic E-state index is 12.4. The van der Waals surface area contributed by atoms with Crippen LogP contribution in [0.2, 0.25) is 0 Å². The van der Waals surface area contributed by atoms with Crippen molar-refractivity contribution < 1.29 is 19.0 Å². The van der Waals surface area contributed by atoms with Gasteiger partial charge in [0.15, 0.2) is 5.76 Å². The molecule has 1 aliphatic carbocycles. The van der Waals surface area contributed by atoms with Crippen molar-refractivity contribution in [3.63, 3.8) is 0 Å². The molecule has 0 N–H and O–H groups in total. The molecular formula is C19H16O4. The van der Waals surface area contributed by atoms with E-state index in [0.29, 0.717) is 19.0 Å². The molecule has 116 valence electrons. The molecule has 2 aromatic carbocycles. The lowest BCUT2D eigenvalue weighted by molar-refractivity contribution is -0.226. The van der Waals surface area contributed by atoms with E-state index in [-0.39, 0.29) is 5.78 Å². The number of fused-ring (bicyclic) bond motifs is 2. The molecule has 4 heteroatoms. The first kappa shape index (κ1) is 14.2. The second-order valence-corrected chi connectivity index (χ2v) is 5.62. The molecule has 2 aliphatic rings. The Labute approximate surface area is 134 Å². The second kappa shape index (κ2) is 5.33. The number of carbonyl (C=O) groups excluding carboxylic acids is 1. The van der Waals surface area contributed by atoms with Crippen LogP contribution in [-0.2, 0) is 32.2 Å². The van der Waals surface area contributed by atoms with Gasteiger partial charge >= 0.3 is 0 Å². The summed E-state index contributed by atoms with van der Waals surface area (Å²) >= 11 is 0. The number of allylic oxidation sites excluding steroid dienone is 2. The zero-order valence-corrected chi connectivity index (χ0v) is 12.7. The molecule has 0 aromatic heterocycles. The van der Waals surface area contributed by atoms with Gasteiger partial charge in [-0.1, -0.05) is 30.3 Å². The predicted octanol–water partition coefficient (Wildman–Crippen LogP) is 3.25. The highest BCUT2D eigenvalue weighted by molar-refractivity contribution is 5.99. The quantitative estimate of drug-likeness (QED) is 0.811. The first-order valence-electron chi connectivity index (χ1n) is 7.49. The van der Waals surface area contributed by atoms with Gasteiger partial charge in [0.2, 0.25) is 5.78 Å². The fourth-order valence-corrected chi connectivity index (χ4v) is 3.05. The molecule has 4 nitrogen and oxygen atoms in total. The number of hydrogen-bond acceptors (Lipinski definition) is 4. The number of carbonyl (C=O) groups is 1. The van der Waals surface area contributed by atoms with Crippen LogP contribution in [0.5, 0.6) is 0 Å². The van der Waals surface area contributed by atoms with E-state index in [0.717, 1.165) is 21.9 Å². The smallest absolute Gasteiger partial charge is 0.294 e. The monoisotopic (exact) mass is 308 g/mol. The van der Waals surface area contributed by atoms with Gasteiger partial charge in [0.25, 0.3) is 5.79 Å². The summed E-state index contributed by atoms with van der Waals surface area (Å²) in [6.07, 6.45) is 4.80. The van der Waals surface area contributed by atoms with Gasteiger partial charge in [-0.25, -0.2) is 0 Å². The Bertz CT molecular complexity index is 801. The normalized spacial score (nSPS) is 19.3. The summed E-state index contributed by atoms with van der Waals surface area (Å²) in [6.45, 7) is 0.584. The summed E-state index contributed by atoms with van der Waals surface area (Å²) in [5.41, 5.74) is 2.05. The summed E-state index contributed by atoms with van der Waals surface area (Å²) in [4.78, 5) is 12.4. The Kier molecular flexibility index (Phi) is 3.29. The van der Waals surface area contributed by atoms with Crippen molar-refractivity contribution in [3.05, 3.63) is 71.5 Å². The lowest BCUT2D eigenvalue weighted by atomic mass is 10.0. The van der Waals surface area contributed by atoms with Gasteiger partial charge < -0.3 is 14.2 Å². The Balaban J connectivity index is 1.76. The third-order valence-electron chi connectivity index (χ3n) is 4.29. The van der Waals surface area contributed by atoms with Crippen LogP contribution in [0.25, 0.3) is 10.8 Å². The van der Waals surface area contributed by atoms with E-state index < -0.39 is 5.79 Å². The highest BCUT2D eigenvalue weighted by atomic mass is 16.7. The van der Waals surface area contributed by atoms with Crippen molar-refractivity contribution in [3.8, 4) is 0 Å². The van der Waals surface area contributed by atoms with Gasteiger partial charge in [0, 0.05) is 0 Å². The molecule has 23 heavy (non-hydrogen) atoms. The largest absolute Gasteiger partial charge is 0.495 e. The molecule has 1 heterocycles. The Morgan fingerprint density at radius 1 is 1.04 bits per heavy atom. The predicted molar refractivity (Wildman–Crippen MR) is 85.5 cm³/mol. The average molecular weight is 308 g/mol. The fraction of sp³-hybridized carbons (Fsp3) is 0.211. The molecule has 2 aromatic rings. The summed E-state index contributed by atoms with van der Waals surface area (Å²) in [5, 5.41) is 2.28. The van der Waals surface area contributed by atoms with Gasteiger partial charge in [0.1, 0.15) is 0 Å². The SMILES string of the molecule is COC1=CC=CC(=O)C12OCc1cc3ccccc3cc1CO2. The molecule has 1 spiro atoms. The minimum Gasteiger partial charge on any atom is -0.495 e. The lowest BCUT2D eigenvalue weighted by Crippen LogP contribution is -2.46. The van der Waals surface area contributed by atoms with Gasteiger partial charge in [-0.05, 0) is 46.2 Å². The first-order chi connectivity index (χ1) is 11.2. The molecule has 1 aliphatic heterocycles. The molecule has 0 fully saturated rings. The van der Waals surface area contributed by atoms with E-state index >= 15 is 0 Å². The molecule has 0 saturated carbocycles. The van der Waals surface area contributed by atoms with Crippen LogP contribution in [-0.4, -0.2) is 18.7 Å². The van der Waals surface area contributed by atoms with E-state index in [4.69, 9.17) is 14.2 Å². The maximum Gasteiger partial charge on any atom is 0.294 e. The van der Waals surface area contributed by atoms with Gasteiger partial charge in [-0.15, -0.1) is 0 Å². The van der Waals surface area contributed by atoms with E-state index in [9.17, 15) is 4.79 Å². The van der Waals surface area contributed by atoms with Gasteiger partial charge in [-0.3, -0.25) is 4.79 Å². The van der Waals surface area contributed by atoms with Crippen LogP contribution in [0.1, 0.15) is 11.1 Å². The lowest BCUT2D eigenvalue weighted by Gasteiger charge is -2.32. The first-order valence-corrected chi connectivity index (χ1v) is 7.49. The molecular weight excluding hydrogens is 292 g/mol. The zero-order valence-electron chi connectivity index (χ0n) is 12.7. The van der Waals surface area contributed by atoms with E-state index in [1.807, 2.05) is 12.1 Å².